The van der Waals surface area contributed by atoms with E-state index in [0.717, 1.165) is 0 Å². The van der Waals surface area contributed by atoms with Gasteiger partial charge in [-0.25, -0.2) is 9.37 Å². The van der Waals surface area contributed by atoms with E-state index in [1.54, 1.807) is 6.92 Å². The van der Waals surface area contributed by atoms with E-state index in [-0.39, 0.29) is 12.2 Å². The van der Waals surface area contributed by atoms with Crippen molar-refractivity contribution in [1.29, 1.82) is 5.26 Å². The monoisotopic (exact) mass is 174 g/mol. The summed E-state index contributed by atoms with van der Waals surface area (Å²) in [5.41, 5.74) is 0.818. The van der Waals surface area contributed by atoms with Crippen LogP contribution in [0.15, 0.2) is 12.1 Å². The van der Waals surface area contributed by atoms with Gasteiger partial charge in [-0.05, 0) is 25.0 Å². The maximum absolute atomic E-state index is 12.7. The number of hydrogen-bond acceptors (Lipinski definition) is 2. The van der Waals surface area contributed by atoms with E-state index in [2.05, 4.69) is 16.8 Å². The van der Waals surface area contributed by atoms with Gasteiger partial charge in [-0.3, -0.25) is 0 Å². The fourth-order valence-electron chi connectivity index (χ4n) is 0.788. The van der Waals surface area contributed by atoms with E-state index in [1.165, 1.54) is 12.1 Å². The second-order valence-electron chi connectivity index (χ2n) is 2.40. The van der Waals surface area contributed by atoms with Crippen molar-refractivity contribution < 1.29 is 4.39 Å². The van der Waals surface area contributed by atoms with Crippen LogP contribution in [0.3, 0.4) is 0 Å². The van der Waals surface area contributed by atoms with Gasteiger partial charge >= 0.3 is 0 Å². The summed E-state index contributed by atoms with van der Waals surface area (Å²) in [5, 5.41) is 8.21. The SMILES string of the molecule is Cc1nc(C#CCC#N)ccc1F. The molecule has 0 atom stereocenters. The van der Waals surface area contributed by atoms with Crippen LogP contribution in [0.4, 0.5) is 4.39 Å². The van der Waals surface area contributed by atoms with Gasteiger partial charge in [0.25, 0.3) is 0 Å². The zero-order chi connectivity index (χ0) is 9.68. The van der Waals surface area contributed by atoms with Gasteiger partial charge in [0.1, 0.15) is 11.5 Å². The van der Waals surface area contributed by atoms with Gasteiger partial charge in [-0.1, -0.05) is 5.92 Å². The van der Waals surface area contributed by atoms with Gasteiger partial charge < -0.3 is 0 Å². The van der Waals surface area contributed by atoms with Gasteiger partial charge in [-0.2, -0.15) is 5.26 Å². The normalized spacial score (nSPS) is 8.38. The molecule has 0 aromatic carbocycles. The fourth-order valence-corrected chi connectivity index (χ4v) is 0.788. The van der Waals surface area contributed by atoms with Crippen LogP contribution in [0.25, 0.3) is 0 Å². The van der Waals surface area contributed by atoms with Gasteiger partial charge in [0.2, 0.25) is 0 Å². The quantitative estimate of drug-likeness (QED) is 0.562. The fraction of sp³-hybridized carbons (Fsp3) is 0.200. The number of nitriles is 1. The van der Waals surface area contributed by atoms with E-state index in [1.807, 2.05) is 6.07 Å². The van der Waals surface area contributed by atoms with E-state index < -0.39 is 0 Å². The predicted molar refractivity (Wildman–Crippen MR) is 46.0 cm³/mol. The summed E-state index contributed by atoms with van der Waals surface area (Å²) in [7, 11) is 0. The molecule has 0 amide bonds. The highest BCUT2D eigenvalue weighted by molar-refractivity contribution is 5.29. The first-order valence-corrected chi connectivity index (χ1v) is 3.73. The molecule has 0 saturated heterocycles. The molecule has 2 nitrogen and oxygen atoms in total. The second-order valence-corrected chi connectivity index (χ2v) is 2.40. The van der Waals surface area contributed by atoms with Crippen molar-refractivity contribution in [3.8, 4) is 17.9 Å². The van der Waals surface area contributed by atoms with Gasteiger partial charge in [-0.15, -0.1) is 0 Å². The lowest BCUT2D eigenvalue weighted by Gasteiger charge is -1.94. The Morgan fingerprint density at radius 1 is 1.54 bits per heavy atom. The molecule has 0 fully saturated rings. The average Bonchev–Trinajstić information content (AvgIpc) is 2.12. The van der Waals surface area contributed by atoms with Crippen molar-refractivity contribution in [3.63, 3.8) is 0 Å². The summed E-state index contributed by atoms with van der Waals surface area (Å²) in [6, 6.07) is 4.70. The molecule has 0 N–H and O–H groups in total. The molecule has 0 saturated carbocycles. The molecule has 0 aliphatic carbocycles. The second kappa shape index (κ2) is 4.23. The molecule has 0 aliphatic rings. The number of hydrogen-bond donors (Lipinski definition) is 0. The minimum atomic E-state index is -0.342. The van der Waals surface area contributed by atoms with Crippen LogP contribution < -0.4 is 0 Å². The van der Waals surface area contributed by atoms with Crippen molar-refractivity contribution >= 4 is 0 Å². The van der Waals surface area contributed by atoms with Crippen LogP contribution in [0, 0.1) is 35.9 Å². The summed E-state index contributed by atoms with van der Waals surface area (Å²) < 4.78 is 12.7. The van der Waals surface area contributed by atoms with E-state index in [9.17, 15) is 4.39 Å². The summed E-state index contributed by atoms with van der Waals surface area (Å²) in [6.45, 7) is 1.57. The van der Waals surface area contributed by atoms with E-state index in [4.69, 9.17) is 5.26 Å². The molecule has 13 heavy (non-hydrogen) atoms. The molecular formula is C10H7FN2. The Labute approximate surface area is 76.0 Å². The molecule has 0 bridgehead atoms. The van der Waals surface area contributed by atoms with Crippen LogP contribution in [-0.4, -0.2) is 4.98 Å². The molecule has 0 unspecified atom stereocenters. The third kappa shape index (κ3) is 2.57. The Morgan fingerprint density at radius 2 is 2.31 bits per heavy atom. The van der Waals surface area contributed by atoms with Crippen molar-refractivity contribution in [1.82, 2.24) is 4.98 Å². The third-order valence-electron chi connectivity index (χ3n) is 1.41. The standard InChI is InChI=1S/C10H7FN2/c1-8-10(11)6-5-9(13-8)4-2-3-7-12/h5-6H,3H2,1H3. The van der Waals surface area contributed by atoms with Crippen molar-refractivity contribution in [2.45, 2.75) is 13.3 Å². The van der Waals surface area contributed by atoms with Crippen LogP contribution in [0.1, 0.15) is 17.8 Å². The van der Waals surface area contributed by atoms with Crippen LogP contribution >= 0.6 is 0 Å². The molecule has 0 aliphatic heterocycles. The number of pyridine rings is 1. The lowest BCUT2D eigenvalue weighted by atomic mass is 10.3. The van der Waals surface area contributed by atoms with Crippen LogP contribution in [0.2, 0.25) is 0 Å². The summed E-state index contributed by atoms with van der Waals surface area (Å²) in [5.74, 6) is 4.92. The first kappa shape index (κ1) is 9.22. The first-order chi connectivity index (χ1) is 6.24. The van der Waals surface area contributed by atoms with Crippen LogP contribution in [0.5, 0.6) is 0 Å². The molecule has 1 rings (SSSR count). The lowest BCUT2D eigenvalue weighted by Crippen LogP contribution is -1.90. The summed E-state index contributed by atoms with van der Waals surface area (Å²) in [4.78, 5) is 3.89. The highest BCUT2D eigenvalue weighted by Crippen LogP contribution is 2.02. The van der Waals surface area contributed by atoms with Gasteiger partial charge in [0.05, 0.1) is 18.2 Å². The Bertz CT molecular complexity index is 407. The van der Waals surface area contributed by atoms with Crippen molar-refractivity contribution in [2.24, 2.45) is 0 Å². The Hall–Kier alpha value is -1.87. The highest BCUT2D eigenvalue weighted by Gasteiger charge is 1.97. The van der Waals surface area contributed by atoms with Crippen molar-refractivity contribution in [2.75, 3.05) is 0 Å². The first-order valence-electron chi connectivity index (χ1n) is 3.73. The summed E-state index contributed by atoms with van der Waals surface area (Å²) >= 11 is 0. The minimum absolute atomic E-state index is 0.165. The molecule has 0 spiro atoms. The molecule has 0 radical (unpaired) electrons. The van der Waals surface area contributed by atoms with Crippen molar-refractivity contribution in [3.05, 3.63) is 29.3 Å². The lowest BCUT2D eigenvalue weighted by molar-refractivity contribution is 0.609. The number of rotatable bonds is 0. The number of nitrogens with zero attached hydrogens (tertiary/aromatic N) is 2. The van der Waals surface area contributed by atoms with Crippen LogP contribution in [-0.2, 0) is 0 Å². The molecule has 1 aromatic rings. The third-order valence-corrected chi connectivity index (χ3v) is 1.41. The Morgan fingerprint density at radius 3 is 2.92 bits per heavy atom. The Kier molecular flexibility index (Phi) is 3.00. The molecular weight excluding hydrogens is 167 g/mol. The van der Waals surface area contributed by atoms with E-state index >= 15 is 0 Å². The molecule has 3 heteroatoms. The highest BCUT2D eigenvalue weighted by atomic mass is 19.1. The van der Waals surface area contributed by atoms with Gasteiger partial charge in [0, 0.05) is 0 Å². The minimum Gasteiger partial charge on any atom is -0.242 e. The largest absolute Gasteiger partial charge is 0.242 e. The topological polar surface area (TPSA) is 36.7 Å². The summed E-state index contributed by atoms with van der Waals surface area (Å²) in [6.07, 6.45) is 0.165. The average molecular weight is 174 g/mol. The smallest absolute Gasteiger partial charge is 0.144 e. The molecule has 1 aromatic heterocycles. The maximum Gasteiger partial charge on any atom is 0.144 e. The van der Waals surface area contributed by atoms with E-state index in [0.29, 0.717) is 11.4 Å². The predicted octanol–water partition coefficient (Wildman–Crippen LogP) is 1.79. The number of aryl methyl sites for hydroxylation is 1. The number of aromatic nitrogens is 1. The zero-order valence-electron chi connectivity index (χ0n) is 7.13. The van der Waals surface area contributed by atoms with Gasteiger partial charge in [0.15, 0.2) is 0 Å². The number of halogens is 1. The molecule has 1 heterocycles. The Balaban J connectivity index is 2.89. The maximum atomic E-state index is 12.7. The zero-order valence-corrected chi connectivity index (χ0v) is 7.13. The molecule has 64 valence electrons.